The van der Waals surface area contributed by atoms with Crippen LogP contribution in [0.15, 0.2) is 24.3 Å². The lowest BCUT2D eigenvalue weighted by atomic mass is 10.0. The van der Waals surface area contributed by atoms with Crippen molar-refractivity contribution in [2.75, 3.05) is 20.1 Å². The lowest BCUT2D eigenvalue weighted by Crippen LogP contribution is -2.36. The second-order valence-corrected chi connectivity index (χ2v) is 6.01. The Morgan fingerprint density at radius 1 is 1.37 bits per heavy atom. The standard InChI is InChI=1S/C16H26N2O/c1-12(2)15(17)8-9-18(3)11-14-10-13-6-4-5-7-16(13)19-14/h4-7,12,14-15H,8-11,17H2,1-3H3. The fourth-order valence-corrected chi connectivity index (χ4v) is 2.50. The molecule has 1 heterocycles. The van der Waals surface area contributed by atoms with Crippen LogP contribution in [0.3, 0.4) is 0 Å². The first-order chi connectivity index (χ1) is 9.06. The van der Waals surface area contributed by atoms with Gasteiger partial charge in [0, 0.05) is 19.0 Å². The predicted octanol–water partition coefficient (Wildman–Crippen LogP) is 2.30. The van der Waals surface area contributed by atoms with Gasteiger partial charge in [-0.2, -0.15) is 0 Å². The van der Waals surface area contributed by atoms with E-state index in [4.69, 9.17) is 10.5 Å². The summed E-state index contributed by atoms with van der Waals surface area (Å²) in [6.07, 6.45) is 2.36. The quantitative estimate of drug-likeness (QED) is 0.855. The number of nitrogens with two attached hydrogens (primary N) is 1. The third kappa shape index (κ3) is 3.95. The van der Waals surface area contributed by atoms with Gasteiger partial charge in [-0.3, -0.25) is 0 Å². The molecule has 0 radical (unpaired) electrons. The number of likely N-dealkylation sites (N-methyl/N-ethyl adjacent to an activating group) is 1. The van der Waals surface area contributed by atoms with E-state index in [0.717, 1.165) is 31.7 Å². The van der Waals surface area contributed by atoms with Gasteiger partial charge in [0.05, 0.1) is 0 Å². The number of ether oxygens (including phenoxy) is 1. The Kier molecular flexibility index (Phi) is 4.83. The summed E-state index contributed by atoms with van der Waals surface area (Å²) >= 11 is 0. The molecule has 0 saturated carbocycles. The van der Waals surface area contributed by atoms with Crippen LogP contribution < -0.4 is 10.5 Å². The normalized spacial score (nSPS) is 19.6. The largest absolute Gasteiger partial charge is 0.488 e. The van der Waals surface area contributed by atoms with Crippen molar-refractivity contribution in [3.63, 3.8) is 0 Å². The van der Waals surface area contributed by atoms with Gasteiger partial charge in [-0.1, -0.05) is 32.0 Å². The fraction of sp³-hybridized carbons (Fsp3) is 0.625. The molecule has 19 heavy (non-hydrogen) atoms. The molecule has 0 fully saturated rings. The van der Waals surface area contributed by atoms with E-state index in [1.54, 1.807) is 0 Å². The predicted molar refractivity (Wildman–Crippen MR) is 79.5 cm³/mol. The van der Waals surface area contributed by atoms with Gasteiger partial charge in [0.15, 0.2) is 0 Å². The van der Waals surface area contributed by atoms with Crippen molar-refractivity contribution in [2.24, 2.45) is 11.7 Å². The molecule has 2 rings (SSSR count). The zero-order valence-corrected chi connectivity index (χ0v) is 12.3. The molecule has 1 aliphatic rings. The number of hydrogen-bond acceptors (Lipinski definition) is 3. The molecule has 106 valence electrons. The summed E-state index contributed by atoms with van der Waals surface area (Å²) < 4.78 is 5.96. The van der Waals surface area contributed by atoms with Crippen molar-refractivity contribution in [3.05, 3.63) is 29.8 Å². The van der Waals surface area contributed by atoms with E-state index < -0.39 is 0 Å². The molecule has 1 aromatic carbocycles. The van der Waals surface area contributed by atoms with Crippen LogP contribution in [0, 0.1) is 5.92 Å². The molecule has 2 unspecified atom stereocenters. The Hall–Kier alpha value is -1.06. The molecular weight excluding hydrogens is 236 g/mol. The maximum atomic E-state index is 6.08. The maximum Gasteiger partial charge on any atom is 0.123 e. The van der Waals surface area contributed by atoms with E-state index in [1.165, 1.54) is 5.56 Å². The molecule has 0 aromatic heterocycles. The van der Waals surface area contributed by atoms with Crippen LogP contribution in [0.25, 0.3) is 0 Å². The third-order valence-corrected chi connectivity index (χ3v) is 3.93. The fourth-order valence-electron chi connectivity index (χ4n) is 2.50. The minimum Gasteiger partial charge on any atom is -0.488 e. The molecule has 0 bridgehead atoms. The van der Waals surface area contributed by atoms with Crippen LogP contribution in [0.4, 0.5) is 0 Å². The average molecular weight is 262 g/mol. The SMILES string of the molecule is CC(C)C(N)CCN(C)CC1Cc2ccccc2O1. The van der Waals surface area contributed by atoms with Crippen molar-refractivity contribution >= 4 is 0 Å². The molecule has 0 saturated heterocycles. The highest BCUT2D eigenvalue weighted by molar-refractivity contribution is 5.37. The van der Waals surface area contributed by atoms with Gasteiger partial charge in [-0.05, 0) is 37.6 Å². The van der Waals surface area contributed by atoms with Crippen LogP contribution >= 0.6 is 0 Å². The lowest BCUT2D eigenvalue weighted by molar-refractivity contribution is 0.164. The zero-order chi connectivity index (χ0) is 13.8. The summed E-state index contributed by atoms with van der Waals surface area (Å²) in [7, 11) is 2.15. The van der Waals surface area contributed by atoms with Crippen molar-refractivity contribution in [1.29, 1.82) is 0 Å². The van der Waals surface area contributed by atoms with E-state index in [9.17, 15) is 0 Å². The van der Waals surface area contributed by atoms with Gasteiger partial charge in [0.2, 0.25) is 0 Å². The Labute approximate surface area is 116 Å². The van der Waals surface area contributed by atoms with Crippen LogP contribution in [0.1, 0.15) is 25.8 Å². The second kappa shape index (κ2) is 6.40. The van der Waals surface area contributed by atoms with Crippen molar-refractivity contribution in [1.82, 2.24) is 4.90 Å². The van der Waals surface area contributed by atoms with Gasteiger partial charge in [0.1, 0.15) is 11.9 Å². The van der Waals surface area contributed by atoms with Gasteiger partial charge >= 0.3 is 0 Å². The van der Waals surface area contributed by atoms with E-state index in [2.05, 4.69) is 44.0 Å². The third-order valence-electron chi connectivity index (χ3n) is 3.93. The van der Waals surface area contributed by atoms with Crippen LogP contribution in [0.2, 0.25) is 0 Å². The van der Waals surface area contributed by atoms with E-state index >= 15 is 0 Å². The van der Waals surface area contributed by atoms with Crippen LogP contribution in [-0.2, 0) is 6.42 Å². The molecule has 0 amide bonds. The highest BCUT2D eigenvalue weighted by Gasteiger charge is 2.23. The monoisotopic (exact) mass is 262 g/mol. The highest BCUT2D eigenvalue weighted by atomic mass is 16.5. The molecule has 3 heteroatoms. The minimum atomic E-state index is 0.290. The summed E-state index contributed by atoms with van der Waals surface area (Å²) in [5, 5.41) is 0. The first-order valence-electron chi connectivity index (χ1n) is 7.25. The Morgan fingerprint density at radius 2 is 2.11 bits per heavy atom. The number of para-hydroxylation sites is 1. The Bertz CT molecular complexity index is 380. The summed E-state index contributed by atoms with van der Waals surface area (Å²) in [4.78, 5) is 2.33. The number of fused-ring (bicyclic) bond motifs is 1. The first kappa shape index (κ1) is 14.4. The van der Waals surface area contributed by atoms with Crippen molar-refractivity contribution in [3.8, 4) is 5.75 Å². The molecule has 0 spiro atoms. The van der Waals surface area contributed by atoms with E-state index in [-0.39, 0.29) is 6.10 Å². The van der Waals surface area contributed by atoms with Crippen molar-refractivity contribution < 1.29 is 4.74 Å². The number of hydrogen-bond donors (Lipinski definition) is 1. The molecule has 2 atom stereocenters. The molecular formula is C16H26N2O. The zero-order valence-electron chi connectivity index (χ0n) is 12.3. The summed E-state index contributed by atoms with van der Waals surface area (Å²) in [6.45, 7) is 6.37. The first-order valence-corrected chi connectivity index (χ1v) is 7.25. The average Bonchev–Trinajstić information content (AvgIpc) is 2.77. The minimum absolute atomic E-state index is 0.290. The van der Waals surface area contributed by atoms with Crippen LogP contribution in [-0.4, -0.2) is 37.2 Å². The molecule has 3 nitrogen and oxygen atoms in total. The molecule has 1 aromatic rings. The second-order valence-electron chi connectivity index (χ2n) is 6.01. The van der Waals surface area contributed by atoms with Crippen molar-refractivity contribution in [2.45, 2.75) is 38.8 Å². The summed E-state index contributed by atoms with van der Waals surface area (Å²) in [6, 6.07) is 8.63. The van der Waals surface area contributed by atoms with E-state index in [1.807, 2.05) is 6.07 Å². The number of benzene rings is 1. The molecule has 1 aliphatic heterocycles. The van der Waals surface area contributed by atoms with Crippen LogP contribution in [0.5, 0.6) is 5.75 Å². The van der Waals surface area contributed by atoms with Gasteiger partial charge in [-0.15, -0.1) is 0 Å². The number of nitrogens with zero attached hydrogens (tertiary/aromatic N) is 1. The van der Waals surface area contributed by atoms with Gasteiger partial charge in [-0.25, -0.2) is 0 Å². The van der Waals surface area contributed by atoms with E-state index in [0.29, 0.717) is 12.0 Å². The molecule has 2 N–H and O–H groups in total. The summed E-state index contributed by atoms with van der Waals surface area (Å²) in [5.74, 6) is 1.61. The van der Waals surface area contributed by atoms with Gasteiger partial charge < -0.3 is 15.4 Å². The number of rotatable bonds is 6. The Morgan fingerprint density at radius 3 is 2.79 bits per heavy atom. The van der Waals surface area contributed by atoms with Gasteiger partial charge in [0.25, 0.3) is 0 Å². The topological polar surface area (TPSA) is 38.5 Å². The highest BCUT2D eigenvalue weighted by Crippen LogP contribution is 2.28. The molecule has 0 aliphatic carbocycles. The maximum absolute atomic E-state index is 6.08. The summed E-state index contributed by atoms with van der Waals surface area (Å²) in [5.41, 5.74) is 7.42. The Balaban J connectivity index is 1.74. The smallest absolute Gasteiger partial charge is 0.123 e. The lowest BCUT2D eigenvalue weighted by Gasteiger charge is -2.23.